The summed E-state index contributed by atoms with van der Waals surface area (Å²) in [5.41, 5.74) is 0. The summed E-state index contributed by atoms with van der Waals surface area (Å²) >= 11 is 0. The zero-order chi connectivity index (χ0) is 9.97. The van der Waals surface area contributed by atoms with Crippen molar-refractivity contribution in [2.75, 3.05) is 20.1 Å². The lowest BCUT2D eigenvalue weighted by Gasteiger charge is -2.31. The summed E-state index contributed by atoms with van der Waals surface area (Å²) in [7, 11) is 1.84. The lowest BCUT2D eigenvalue weighted by atomic mass is 9.85. The smallest absolute Gasteiger partial charge is 0.236 e. The van der Waals surface area contributed by atoms with Crippen molar-refractivity contribution in [1.29, 1.82) is 0 Å². The van der Waals surface area contributed by atoms with E-state index in [0.29, 0.717) is 18.5 Å². The molecule has 0 spiro atoms. The average Bonchev–Trinajstić information content (AvgIpc) is 2.61. The number of hydrogen-bond acceptors (Lipinski definition) is 2. The Bertz CT molecular complexity index is 217. The molecule has 0 aromatic heterocycles. The van der Waals surface area contributed by atoms with Crippen LogP contribution in [0.1, 0.15) is 32.1 Å². The monoisotopic (exact) mass is 196 g/mol. The van der Waals surface area contributed by atoms with Crippen LogP contribution in [0.5, 0.6) is 0 Å². The van der Waals surface area contributed by atoms with Crippen LogP contribution in [0.15, 0.2) is 0 Å². The van der Waals surface area contributed by atoms with Crippen LogP contribution in [0.25, 0.3) is 0 Å². The number of amides is 1. The van der Waals surface area contributed by atoms with Crippen LogP contribution < -0.4 is 5.32 Å². The van der Waals surface area contributed by atoms with Crippen LogP contribution >= 0.6 is 0 Å². The van der Waals surface area contributed by atoms with E-state index in [2.05, 4.69) is 10.2 Å². The molecule has 2 aliphatic rings. The Hall–Kier alpha value is -0.570. The molecule has 3 heteroatoms. The highest BCUT2D eigenvalue weighted by molar-refractivity contribution is 5.78. The maximum atomic E-state index is 11.8. The Morgan fingerprint density at radius 3 is 2.93 bits per heavy atom. The molecule has 1 saturated carbocycles. The van der Waals surface area contributed by atoms with Crippen molar-refractivity contribution < 1.29 is 4.79 Å². The van der Waals surface area contributed by atoms with Crippen molar-refractivity contribution in [2.24, 2.45) is 5.92 Å². The van der Waals surface area contributed by atoms with Gasteiger partial charge in [0.15, 0.2) is 0 Å². The number of nitrogens with one attached hydrogen (secondary N) is 1. The Labute approximate surface area is 85.8 Å². The molecular weight excluding hydrogens is 176 g/mol. The summed E-state index contributed by atoms with van der Waals surface area (Å²) in [5.74, 6) is 1.10. The van der Waals surface area contributed by atoms with Gasteiger partial charge in [-0.3, -0.25) is 4.79 Å². The lowest BCUT2D eigenvalue weighted by Crippen LogP contribution is -2.42. The van der Waals surface area contributed by atoms with E-state index in [1.165, 1.54) is 32.1 Å². The van der Waals surface area contributed by atoms with E-state index in [4.69, 9.17) is 0 Å². The molecule has 1 aliphatic heterocycles. The van der Waals surface area contributed by atoms with Crippen LogP contribution in [0.4, 0.5) is 0 Å². The Balaban J connectivity index is 1.96. The van der Waals surface area contributed by atoms with Gasteiger partial charge in [-0.2, -0.15) is 0 Å². The second kappa shape index (κ2) is 4.30. The SMILES string of the molecule is CNCC(=O)N1CCC2CCCCC21. The lowest BCUT2D eigenvalue weighted by molar-refractivity contribution is -0.131. The molecule has 1 saturated heterocycles. The minimum atomic E-state index is 0.293. The Morgan fingerprint density at radius 1 is 1.36 bits per heavy atom. The molecule has 2 atom stereocenters. The van der Waals surface area contributed by atoms with Crippen molar-refractivity contribution in [3.05, 3.63) is 0 Å². The average molecular weight is 196 g/mol. The first-order valence-corrected chi connectivity index (χ1v) is 5.77. The third-order valence-corrected chi connectivity index (χ3v) is 3.66. The number of fused-ring (bicyclic) bond motifs is 1. The summed E-state index contributed by atoms with van der Waals surface area (Å²) < 4.78 is 0. The van der Waals surface area contributed by atoms with Crippen molar-refractivity contribution in [3.8, 4) is 0 Å². The molecule has 0 bridgehead atoms. The highest BCUT2D eigenvalue weighted by Crippen LogP contribution is 2.35. The molecule has 1 amide bonds. The van der Waals surface area contributed by atoms with Gasteiger partial charge in [-0.1, -0.05) is 12.8 Å². The van der Waals surface area contributed by atoms with Gasteiger partial charge in [0, 0.05) is 12.6 Å². The number of likely N-dealkylation sites (N-methyl/N-ethyl adjacent to an activating group) is 1. The highest BCUT2D eigenvalue weighted by atomic mass is 16.2. The van der Waals surface area contributed by atoms with Gasteiger partial charge >= 0.3 is 0 Å². The number of nitrogens with zero attached hydrogens (tertiary/aromatic N) is 1. The van der Waals surface area contributed by atoms with E-state index in [1.807, 2.05) is 7.05 Å². The van der Waals surface area contributed by atoms with Crippen molar-refractivity contribution in [2.45, 2.75) is 38.1 Å². The fourth-order valence-electron chi connectivity index (χ4n) is 2.97. The summed E-state index contributed by atoms with van der Waals surface area (Å²) in [6.45, 7) is 1.50. The Morgan fingerprint density at radius 2 is 2.14 bits per heavy atom. The third-order valence-electron chi connectivity index (χ3n) is 3.66. The number of carbonyl (C=O) groups excluding carboxylic acids is 1. The molecule has 0 aromatic rings. The van der Waals surface area contributed by atoms with Crippen LogP contribution in [0.3, 0.4) is 0 Å². The van der Waals surface area contributed by atoms with Gasteiger partial charge in [0.25, 0.3) is 0 Å². The number of rotatable bonds is 2. The molecule has 1 N–H and O–H groups in total. The molecule has 80 valence electrons. The van der Waals surface area contributed by atoms with Crippen molar-refractivity contribution in [1.82, 2.24) is 10.2 Å². The first kappa shape index (κ1) is 9.97. The van der Waals surface area contributed by atoms with E-state index in [1.54, 1.807) is 0 Å². The van der Waals surface area contributed by atoms with Gasteiger partial charge in [-0.25, -0.2) is 0 Å². The van der Waals surface area contributed by atoms with Crippen LogP contribution in [0, 0.1) is 5.92 Å². The summed E-state index contributed by atoms with van der Waals surface area (Å²) in [5, 5.41) is 2.95. The minimum Gasteiger partial charge on any atom is -0.338 e. The highest BCUT2D eigenvalue weighted by Gasteiger charge is 2.37. The van der Waals surface area contributed by atoms with Gasteiger partial charge in [-0.15, -0.1) is 0 Å². The predicted molar refractivity (Wildman–Crippen MR) is 56.0 cm³/mol. The first-order chi connectivity index (χ1) is 6.83. The zero-order valence-corrected chi connectivity index (χ0v) is 8.96. The maximum Gasteiger partial charge on any atom is 0.236 e. The largest absolute Gasteiger partial charge is 0.338 e. The molecule has 14 heavy (non-hydrogen) atoms. The number of carbonyl (C=O) groups is 1. The van der Waals surface area contributed by atoms with Gasteiger partial charge in [0.2, 0.25) is 5.91 Å². The van der Waals surface area contributed by atoms with Gasteiger partial charge in [0.1, 0.15) is 0 Å². The zero-order valence-electron chi connectivity index (χ0n) is 8.96. The topological polar surface area (TPSA) is 32.3 Å². The number of likely N-dealkylation sites (tertiary alicyclic amines) is 1. The quantitative estimate of drug-likeness (QED) is 0.714. The van der Waals surface area contributed by atoms with Gasteiger partial charge in [-0.05, 0) is 32.2 Å². The van der Waals surface area contributed by atoms with Crippen molar-refractivity contribution >= 4 is 5.91 Å². The fraction of sp³-hybridized carbons (Fsp3) is 0.909. The maximum absolute atomic E-state index is 11.8. The molecule has 0 radical (unpaired) electrons. The molecule has 2 rings (SSSR count). The summed E-state index contributed by atoms with van der Waals surface area (Å²) in [6, 6.07) is 0.574. The molecule has 2 fully saturated rings. The fourth-order valence-corrected chi connectivity index (χ4v) is 2.97. The Kier molecular flexibility index (Phi) is 3.06. The van der Waals surface area contributed by atoms with Crippen LogP contribution in [-0.2, 0) is 4.79 Å². The molecule has 0 aromatic carbocycles. The second-order valence-corrected chi connectivity index (χ2v) is 4.52. The predicted octanol–water partition coefficient (Wildman–Crippen LogP) is 0.997. The molecule has 3 nitrogen and oxygen atoms in total. The van der Waals surface area contributed by atoms with E-state index in [9.17, 15) is 4.79 Å². The van der Waals surface area contributed by atoms with E-state index < -0.39 is 0 Å². The molecular formula is C11H20N2O. The van der Waals surface area contributed by atoms with Crippen molar-refractivity contribution in [3.63, 3.8) is 0 Å². The molecule has 1 heterocycles. The third kappa shape index (κ3) is 1.78. The van der Waals surface area contributed by atoms with Crippen LogP contribution in [0.2, 0.25) is 0 Å². The van der Waals surface area contributed by atoms with Gasteiger partial charge in [0.05, 0.1) is 6.54 Å². The second-order valence-electron chi connectivity index (χ2n) is 4.52. The van der Waals surface area contributed by atoms with E-state index in [0.717, 1.165) is 12.5 Å². The number of hydrogen-bond donors (Lipinski definition) is 1. The van der Waals surface area contributed by atoms with E-state index >= 15 is 0 Å². The normalized spacial score (nSPS) is 31.6. The molecule has 1 aliphatic carbocycles. The first-order valence-electron chi connectivity index (χ1n) is 5.77. The van der Waals surface area contributed by atoms with E-state index in [-0.39, 0.29) is 0 Å². The van der Waals surface area contributed by atoms with Crippen LogP contribution in [-0.4, -0.2) is 37.0 Å². The molecule has 2 unspecified atom stereocenters. The minimum absolute atomic E-state index is 0.293. The summed E-state index contributed by atoms with van der Waals surface area (Å²) in [6.07, 6.45) is 6.49. The van der Waals surface area contributed by atoms with Gasteiger partial charge < -0.3 is 10.2 Å². The standard InChI is InChI=1S/C11H20N2O/c1-12-8-11(14)13-7-6-9-4-2-3-5-10(9)13/h9-10,12H,2-8H2,1H3. The summed E-state index contributed by atoms with van der Waals surface area (Å²) in [4.78, 5) is 13.9.